The molecule has 2 aliphatic carbocycles. The Hall–Kier alpha value is -0.570. The molecule has 3 rings (SSSR count). The Morgan fingerprint density at radius 3 is 2.59 bits per heavy atom. The van der Waals surface area contributed by atoms with Gasteiger partial charge in [0.25, 0.3) is 0 Å². The molecule has 0 aromatic carbocycles. The van der Waals surface area contributed by atoms with Gasteiger partial charge < -0.3 is 9.55 Å². The van der Waals surface area contributed by atoms with Gasteiger partial charge in [0.05, 0.1) is 0 Å². The molecule has 0 amide bonds. The molecule has 2 fully saturated rings. The lowest BCUT2D eigenvalue weighted by molar-refractivity contribution is 0.0809. The van der Waals surface area contributed by atoms with Crippen LogP contribution in [0.1, 0.15) is 51.8 Å². The van der Waals surface area contributed by atoms with Crippen molar-refractivity contribution in [1.82, 2.24) is 9.55 Å². The van der Waals surface area contributed by atoms with Crippen LogP contribution in [0.25, 0.3) is 0 Å². The number of fused-ring (bicyclic) bond motifs is 2. The zero-order valence-electron chi connectivity index (χ0n) is 11.2. The van der Waals surface area contributed by atoms with Gasteiger partial charge in [-0.25, -0.2) is 0 Å². The molecule has 2 saturated carbocycles. The lowest BCUT2D eigenvalue weighted by Crippen LogP contribution is -2.37. The van der Waals surface area contributed by atoms with Crippen molar-refractivity contribution in [2.45, 2.75) is 53.0 Å². The minimum Gasteiger partial charge on any atom is -0.337 e. The van der Waals surface area contributed by atoms with Crippen molar-refractivity contribution >= 4 is 12.2 Å². The van der Waals surface area contributed by atoms with Crippen LogP contribution < -0.4 is 0 Å². The van der Waals surface area contributed by atoms with Gasteiger partial charge in [-0.3, -0.25) is 0 Å². The Morgan fingerprint density at radius 1 is 1.41 bits per heavy atom. The summed E-state index contributed by atoms with van der Waals surface area (Å²) in [7, 11) is 0. The maximum absolute atomic E-state index is 5.48. The molecule has 0 aliphatic heterocycles. The zero-order valence-corrected chi connectivity index (χ0v) is 12.0. The lowest BCUT2D eigenvalue weighted by atomic mass is 9.68. The van der Waals surface area contributed by atoms with E-state index in [4.69, 9.17) is 12.2 Å². The second-order valence-electron chi connectivity index (χ2n) is 6.92. The van der Waals surface area contributed by atoms with Crippen molar-refractivity contribution in [3.63, 3.8) is 0 Å². The van der Waals surface area contributed by atoms with E-state index in [1.807, 2.05) is 6.20 Å². The van der Waals surface area contributed by atoms with Gasteiger partial charge in [-0.05, 0) is 55.2 Å². The van der Waals surface area contributed by atoms with E-state index < -0.39 is 0 Å². The number of nitrogens with one attached hydrogen (secondary N) is 1. The number of aromatic amines is 1. The molecule has 1 aromatic heterocycles. The van der Waals surface area contributed by atoms with Crippen LogP contribution in [0.4, 0.5) is 0 Å². The van der Waals surface area contributed by atoms with Crippen molar-refractivity contribution in [2.24, 2.45) is 16.7 Å². The molecule has 0 radical (unpaired) electrons. The van der Waals surface area contributed by atoms with Gasteiger partial charge in [0.15, 0.2) is 4.77 Å². The minimum atomic E-state index is 0.373. The first-order chi connectivity index (χ1) is 7.86. The standard InChI is InChI=1S/C14H22N2S/c1-9-8-15-12(17)16(9)11-13(2,3)10-5-6-14(11,4)7-10/h8,10-11H,5-7H2,1-4H3,(H,15,17). The smallest absolute Gasteiger partial charge is 0.177 e. The number of rotatable bonds is 1. The highest BCUT2D eigenvalue weighted by Crippen LogP contribution is 2.68. The van der Waals surface area contributed by atoms with Gasteiger partial charge in [-0.2, -0.15) is 0 Å². The van der Waals surface area contributed by atoms with Crippen molar-refractivity contribution in [3.8, 4) is 0 Å². The minimum absolute atomic E-state index is 0.373. The molecular weight excluding hydrogens is 228 g/mol. The Balaban J connectivity index is 2.18. The molecule has 1 aromatic rings. The van der Waals surface area contributed by atoms with E-state index in [0.29, 0.717) is 16.9 Å². The van der Waals surface area contributed by atoms with Crippen LogP contribution in [-0.2, 0) is 0 Å². The molecule has 2 aliphatic rings. The molecule has 3 atom stereocenters. The first-order valence-electron chi connectivity index (χ1n) is 6.63. The maximum atomic E-state index is 5.48. The Kier molecular flexibility index (Phi) is 2.20. The van der Waals surface area contributed by atoms with Gasteiger partial charge in [0.2, 0.25) is 0 Å². The molecule has 3 unspecified atom stereocenters. The van der Waals surface area contributed by atoms with Gasteiger partial charge in [-0.15, -0.1) is 0 Å². The predicted octanol–water partition coefficient (Wildman–Crippen LogP) is 4.24. The number of imidazole rings is 1. The average Bonchev–Trinajstić information content (AvgIpc) is 2.81. The highest BCUT2D eigenvalue weighted by Gasteiger charge is 2.60. The van der Waals surface area contributed by atoms with Crippen molar-refractivity contribution in [2.75, 3.05) is 0 Å². The quantitative estimate of drug-likeness (QED) is 0.739. The number of nitrogens with zero attached hydrogens (tertiary/aromatic N) is 1. The number of aromatic nitrogens is 2. The van der Waals surface area contributed by atoms with Gasteiger partial charge in [0.1, 0.15) is 0 Å². The summed E-state index contributed by atoms with van der Waals surface area (Å²) in [5.74, 6) is 0.869. The number of hydrogen-bond donors (Lipinski definition) is 1. The summed E-state index contributed by atoms with van der Waals surface area (Å²) in [5.41, 5.74) is 2.10. The van der Waals surface area contributed by atoms with Crippen LogP contribution in [0.3, 0.4) is 0 Å². The largest absolute Gasteiger partial charge is 0.337 e. The van der Waals surface area contributed by atoms with Crippen LogP contribution in [0, 0.1) is 28.4 Å². The predicted molar refractivity (Wildman–Crippen MR) is 72.6 cm³/mol. The maximum Gasteiger partial charge on any atom is 0.177 e. The van der Waals surface area contributed by atoms with E-state index in [1.54, 1.807) is 0 Å². The van der Waals surface area contributed by atoms with Crippen molar-refractivity contribution < 1.29 is 0 Å². The summed E-state index contributed by atoms with van der Waals surface area (Å²) < 4.78 is 3.28. The number of aryl methyl sites for hydroxylation is 1. The summed E-state index contributed by atoms with van der Waals surface area (Å²) in [6.07, 6.45) is 6.18. The molecule has 0 spiro atoms. The van der Waals surface area contributed by atoms with Gasteiger partial charge >= 0.3 is 0 Å². The topological polar surface area (TPSA) is 20.7 Å². The molecular formula is C14H22N2S. The van der Waals surface area contributed by atoms with Crippen LogP contribution in [0.2, 0.25) is 0 Å². The SMILES string of the molecule is Cc1c[nH]c(=S)n1C1C2(C)CCC(C2)C1(C)C. The van der Waals surface area contributed by atoms with Crippen LogP contribution in [0.15, 0.2) is 6.20 Å². The summed E-state index contributed by atoms with van der Waals surface area (Å²) in [6.45, 7) is 9.49. The van der Waals surface area contributed by atoms with Crippen molar-refractivity contribution in [1.29, 1.82) is 0 Å². The lowest BCUT2D eigenvalue weighted by Gasteiger charge is -2.44. The molecule has 1 heterocycles. The first-order valence-corrected chi connectivity index (χ1v) is 7.03. The van der Waals surface area contributed by atoms with E-state index in [9.17, 15) is 0 Å². The third-order valence-corrected chi connectivity index (χ3v) is 5.77. The Morgan fingerprint density at radius 2 is 2.12 bits per heavy atom. The van der Waals surface area contributed by atoms with E-state index in [1.165, 1.54) is 25.0 Å². The third kappa shape index (κ3) is 1.35. The Bertz CT molecular complexity index is 506. The fraction of sp³-hybridized carbons (Fsp3) is 0.786. The summed E-state index contributed by atoms with van der Waals surface area (Å²) in [6, 6.07) is 0.562. The highest BCUT2D eigenvalue weighted by atomic mass is 32.1. The summed E-state index contributed by atoms with van der Waals surface area (Å²) in [4.78, 5) is 3.21. The third-order valence-electron chi connectivity index (χ3n) is 5.46. The summed E-state index contributed by atoms with van der Waals surface area (Å²) in [5, 5.41) is 0. The average molecular weight is 250 g/mol. The number of hydrogen-bond acceptors (Lipinski definition) is 1. The van der Waals surface area contributed by atoms with E-state index in [0.717, 1.165) is 10.7 Å². The highest BCUT2D eigenvalue weighted by molar-refractivity contribution is 7.71. The van der Waals surface area contributed by atoms with Gasteiger partial charge in [-0.1, -0.05) is 20.8 Å². The summed E-state index contributed by atoms with van der Waals surface area (Å²) >= 11 is 5.48. The molecule has 0 saturated heterocycles. The fourth-order valence-electron chi connectivity index (χ4n) is 4.71. The molecule has 2 bridgehead atoms. The molecule has 17 heavy (non-hydrogen) atoms. The first kappa shape index (κ1) is 11.5. The normalized spacial score (nSPS) is 38.8. The molecule has 94 valence electrons. The van der Waals surface area contributed by atoms with E-state index in [-0.39, 0.29) is 0 Å². The van der Waals surface area contributed by atoms with Crippen LogP contribution in [-0.4, -0.2) is 9.55 Å². The van der Waals surface area contributed by atoms with Crippen LogP contribution in [0.5, 0.6) is 0 Å². The second-order valence-corrected chi connectivity index (χ2v) is 7.31. The molecule has 3 heteroatoms. The van der Waals surface area contributed by atoms with Crippen LogP contribution >= 0.6 is 12.2 Å². The van der Waals surface area contributed by atoms with Crippen molar-refractivity contribution in [3.05, 3.63) is 16.7 Å². The van der Waals surface area contributed by atoms with Gasteiger partial charge in [0, 0.05) is 17.9 Å². The van der Waals surface area contributed by atoms with E-state index >= 15 is 0 Å². The monoisotopic (exact) mass is 250 g/mol. The zero-order chi connectivity index (χ0) is 12.4. The second kappa shape index (κ2) is 3.25. The fourth-order valence-corrected chi connectivity index (χ4v) is 5.01. The molecule has 2 nitrogen and oxygen atoms in total. The molecule has 1 N–H and O–H groups in total. The Labute approximate surface area is 108 Å². The number of H-pyrrole nitrogens is 1. The van der Waals surface area contributed by atoms with E-state index in [2.05, 4.69) is 37.2 Å².